The van der Waals surface area contributed by atoms with E-state index < -0.39 is 0 Å². The van der Waals surface area contributed by atoms with Crippen molar-refractivity contribution in [2.75, 3.05) is 13.1 Å². The van der Waals surface area contributed by atoms with Crippen molar-refractivity contribution in [2.45, 2.75) is 0 Å². The van der Waals surface area contributed by atoms with E-state index in [4.69, 9.17) is 5.73 Å². The molecule has 2 rings (SSSR count). The van der Waals surface area contributed by atoms with Crippen LogP contribution < -0.4 is 5.73 Å². The Bertz CT molecular complexity index is 238. The van der Waals surface area contributed by atoms with Gasteiger partial charge in [0.1, 0.15) is 6.34 Å². The predicted molar refractivity (Wildman–Crippen MR) is 39.1 cm³/mol. The van der Waals surface area contributed by atoms with Crippen LogP contribution >= 0.6 is 0 Å². The van der Waals surface area contributed by atoms with Gasteiger partial charge >= 0.3 is 0 Å². The molecule has 10 heavy (non-hydrogen) atoms. The van der Waals surface area contributed by atoms with Crippen molar-refractivity contribution in [3.63, 3.8) is 0 Å². The Labute approximate surface area is 58.0 Å². The summed E-state index contributed by atoms with van der Waals surface area (Å²) in [5.74, 6) is 1.18. The standard InChI is InChI=1S/C5H7N5/c6-4-8-3-9-5-7-1-2-10(4)5/h3H,1-2H2,(H2,6,7,8,9). The molecule has 0 saturated carbocycles. The first-order valence-electron chi connectivity index (χ1n) is 3.06. The molecule has 0 bridgehead atoms. The van der Waals surface area contributed by atoms with Crippen LogP contribution in [0.25, 0.3) is 0 Å². The van der Waals surface area contributed by atoms with Crippen LogP contribution in [0.5, 0.6) is 0 Å². The van der Waals surface area contributed by atoms with Crippen LogP contribution in [0.15, 0.2) is 15.0 Å². The van der Waals surface area contributed by atoms with Crippen LogP contribution in [0.4, 0.5) is 0 Å². The van der Waals surface area contributed by atoms with E-state index in [1.807, 2.05) is 0 Å². The van der Waals surface area contributed by atoms with Gasteiger partial charge in [-0.3, -0.25) is 4.90 Å². The van der Waals surface area contributed by atoms with E-state index in [9.17, 15) is 0 Å². The molecule has 0 unspecified atom stereocenters. The number of nitrogens with two attached hydrogens (primary N) is 1. The molecule has 5 heteroatoms. The number of hydrogen-bond acceptors (Lipinski definition) is 5. The molecule has 0 fully saturated rings. The van der Waals surface area contributed by atoms with Gasteiger partial charge in [-0.2, -0.15) is 0 Å². The lowest BCUT2D eigenvalue weighted by Gasteiger charge is -2.17. The molecule has 2 aliphatic rings. The number of guanidine groups is 2. The minimum absolute atomic E-state index is 0.492. The van der Waals surface area contributed by atoms with E-state index in [0.717, 1.165) is 13.1 Å². The molecule has 0 atom stereocenters. The van der Waals surface area contributed by atoms with Gasteiger partial charge in [-0.1, -0.05) is 0 Å². The summed E-state index contributed by atoms with van der Waals surface area (Å²) in [5.41, 5.74) is 5.52. The first-order chi connectivity index (χ1) is 4.88. The van der Waals surface area contributed by atoms with E-state index >= 15 is 0 Å². The molecule has 0 aromatic carbocycles. The van der Waals surface area contributed by atoms with Gasteiger partial charge in [0.05, 0.1) is 6.54 Å². The number of hydrogen-bond donors (Lipinski definition) is 1. The lowest BCUT2D eigenvalue weighted by molar-refractivity contribution is 0.650. The first-order valence-corrected chi connectivity index (χ1v) is 3.06. The minimum Gasteiger partial charge on any atom is -0.369 e. The lowest BCUT2D eigenvalue weighted by Crippen LogP contribution is -2.41. The van der Waals surface area contributed by atoms with Gasteiger partial charge in [-0.05, 0) is 0 Å². The topological polar surface area (TPSA) is 66.3 Å². The van der Waals surface area contributed by atoms with Crippen LogP contribution in [0.2, 0.25) is 0 Å². The SMILES string of the molecule is NC1=NC=NC2=NCCN12. The Balaban J connectivity index is 2.36. The minimum atomic E-state index is 0.492. The summed E-state index contributed by atoms with van der Waals surface area (Å²) < 4.78 is 0. The highest BCUT2D eigenvalue weighted by Crippen LogP contribution is 2.04. The van der Waals surface area contributed by atoms with Gasteiger partial charge in [0.15, 0.2) is 0 Å². The van der Waals surface area contributed by atoms with Crippen LogP contribution in [0.3, 0.4) is 0 Å². The van der Waals surface area contributed by atoms with Crippen molar-refractivity contribution in [2.24, 2.45) is 20.7 Å². The predicted octanol–water partition coefficient (Wildman–Crippen LogP) is -0.985. The Kier molecular flexibility index (Phi) is 0.969. The Hall–Kier alpha value is -1.39. The monoisotopic (exact) mass is 137 g/mol. The Morgan fingerprint density at radius 3 is 3.30 bits per heavy atom. The normalized spacial score (nSPS) is 22.2. The molecule has 52 valence electrons. The van der Waals surface area contributed by atoms with Crippen LogP contribution in [-0.4, -0.2) is 36.2 Å². The Morgan fingerprint density at radius 1 is 1.60 bits per heavy atom. The van der Waals surface area contributed by atoms with E-state index in [2.05, 4.69) is 15.0 Å². The van der Waals surface area contributed by atoms with Gasteiger partial charge in [0.25, 0.3) is 0 Å². The summed E-state index contributed by atoms with van der Waals surface area (Å²) in [6.07, 6.45) is 1.43. The summed E-state index contributed by atoms with van der Waals surface area (Å²) >= 11 is 0. The van der Waals surface area contributed by atoms with Gasteiger partial charge in [0.2, 0.25) is 11.9 Å². The molecule has 5 nitrogen and oxygen atoms in total. The zero-order chi connectivity index (χ0) is 6.97. The third kappa shape index (κ3) is 0.601. The molecule has 0 aromatic rings. The molecule has 0 radical (unpaired) electrons. The van der Waals surface area contributed by atoms with Gasteiger partial charge < -0.3 is 5.73 Å². The molecule has 0 amide bonds. The average molecular weight is 137 g/mol. The second-order valence-electron chi connectivity index (χ2n) is 2.07. The lowest BCUT2D eigenvalue weighted by atomic mass is 10.6. The quantitative estimate of drug-likeness (QED) is 0.466. The van der Waals surface area contributed by atoms with Crippen LogP contribution in [0, 0.1) is 0 Å². The third-order valence-electron chi connectivity index (χ3n) is 1.46. The summed E-state index contributed by atoms with van der Waals surface area (Å²) in [6, 6.07) is 0. The smallest absolute Gasteiger partial charge is 0.229 e. The fraction of sp³-hybridized carbons (Fsp3) is 0.400. The van der Waals surface area contributed by atoms with E-state index in [-0.39, 0.29) is 0 Å². The molecular formula is C5H7N5. The van der Waals surface area contributed by atoms with Crippen molar-refractivity contribution in [1.29, 1.82) is 0 Å². The highest BCUT2D eigenvalue weighted by molar-refractivity contribution is 6.07. The number of aliphatic imine (C=N–C) groups is 3. The van der Waals surface area contributed by atoms with Gasteiger partial charge in [-0.15, -0.1) is 0 Å². The van der Waals surface area contributed by atoms with E-state index in [0.29, 0.717) is 11.9 Å². The van der Waals surface area contributed by atoms with Gasteiger partial charge in [-0.25, -0.2) is 15.0 Å². The fourth-order valence-electron chi connectivity index (χ4n) is 0.972. The van der Waals surface area contributed by atoms with Crippen LogP contribution in [0.1, 0.15) is 0 Å². The molecule has 0 spiro atoms. The zero-order valence-corrected chi connectivity index (χ0v) is 5.36. The van der Waals surface area contributed by atoms with E-state index in [1.54, 1.807) is 4.90 Å². The largest absolute Gasteiger partial charge is 0.369 e. The number of rotatable bonds is 0. The summed E-state index contributed by atoms with van der Waals surface area (Å²) in [4.78, 5) is 13.6. The van der Waals surface area contributed by atoms with Crippen molar-refractivity contribution in [1.82, 2.24) is 4.90 Å². The average Bonchev–Trinajstić information content (AvgIpc) is 2.36. The Morgan fingerprint density at radius 2 is 2.50 bits per heavy atom. The molecule has 0 aromatic heterocycles. The summed E-state index contributed by atoms with van der Waals surface area (Å²) in [7, 11) is 0. The maximum atomic E-state index is 5.52. The molecular weight excluding hydrogens is 130 g/mol. The van der Waals surface area contributed by atoms with Crippen molar-refractivity contribution in [3.8, 4) is 0 Å². The first kappa shape index (κ1) is 5.40. The van der Waals surface area contributed by atoms with Crippen molar-refractivity contribution in [3.05, 3.63) is 0 Å². The molecule has 0 saturated heterocycles. The second kappa shape index (κ2) is 1.80. The third-order valence-corrected chi connectivity index (χ3v) is 1.46. The van der Waals surface area contributed by atoms with Crippen LogP contribution in [-0.2, 0) is 0 Å². The van der Waals surface area contributed by atoms with Crippen molar-refractivity contribution < 1.29 is 0 Å². The zero-order valence-electron chi connectivity index (χ0n) is 5.36. The maximum absolute atomic E-state index is 5.52. The molecule has 2 aliphatic heterocycles. The van der Waals surface area contributed by atoms with Crippen molar-refractivity contribution >= 4 is 18.3 Å². The molecule has 0 aliphatic carbocycles. The highest BCUT2D eigenvalue weighted by atomic mass is 15.4. The molecule has 2 heterocycles. The second-order valence-corrected chi connectivity index (χ2v) is 2.07. The van der Waals surface area contributed by atoms with Gasteiger partial charge in [0, 0.05) is 6.54 Å². The number of fused-ring (bicyclic) bond motifs is 1. The highest BCUT2D eigenvalue weighted by Gasteiger charge is 2.20. The fourth-order valence-corrected chi connectivity index (χ4v) is 0.972. The summed E-state index contributed by atoms with van der Waals surface area (Å²) in [5, 5.41) is 0. The summed E-state index contributed by atoms with van der Waals surface area (Å²) in [6.45, 7) is 1.57. The maximum Gasteiger partial charge on any atom is 0.229 e. The van der Waals surface area contributed by atoms with E-state index in [1.165, 1.54) is 6.34 Å². The number of nitrogens with zero attached hydrogens (tertiary/aromatic N) is 4. The molecule has 2 N–H and O–H groups in total.